The number of nitrogens with two attached hydrogens (primary N) is 1. The molecule has 90 valence electrons. The van der Waals surface area contributed by atoms with Gasteiger partial charge in [0, 0.05) is 11.9 Å². The topological polar surface area (TPSA) is 74.7 Å². The van der Waals surface area contributed by atoms with E-state index in [0.29, 0.717) is 17.1 Å². The standard InChI is InChI=1S/C14H14N4/c1-9-3-10(2)5-12(4-9)18-14-13(16)6-11(7-15)8-17-14/h3-6,8H,16H2,1-2H3,(H,17,18). The van der Waals surface area contributed by atoms with Crippen molar-refractivity contribution >= 4 is 17.2 Å². The maximum atomic E-state index is 8.75. The highest BCUT2D eigenvalue weighted by atomic mass is 15.0. The zero-order valence-corrected chi connectivity index (χ0v) is 10.4. The number of hydrogen-bond donors (Lipinski definition) is 2. The molecule has 2 aromatic rings. The minimum absolute atomic E-state index is 0.457. The van der Waals surface area contributed by atoms with Crippen LogP contribution < -0.4 is 11.1 Å². The van der Waals surface area contributed by atoms with Gasteiger partial charge in [-0.3, -0.25) is 0 Å². The van der Waals surface area contributed by atoms with Crippen LogP contribution in [-0.4, -0.2) is 4.98 Å². The number of nitriles is 1. The Balaban J connectivity index is 2.31. The van der Waals surface area contributed by atoms with Gasteiger partial charge in [-0.05, 0) is 43.2 Å². The second kappa shape index (κ2) is 4.76. The average Bonchev–Trinajstić information content (AvgIpc) is 2.30. The van der Waals surface area contributed by atoms with E-state index in [1.807, 2.05) is 32.0 Å². The van der Waals surface area contributed by atoms with E-state index in [1.54, 1.807) is 6.07 Å². The predicted octanol–water partition coefficient (Wildman–Crippen LogP) is 2.90. The van der Waals surface area contributed by atoms with Gasteiger partial charge in [-0.25, -0.2) is 4.98 Å². The fourth-order valence-electron chi connectivity index (χ4n) is 1.83. The average molecular weight is 238 g/mol. The molecule has 1 heterocycles. The van der Waals surface area contributed by atoms with Crippen LogP contribution in [0.3, 0.4) is 0 Å². The zero-order valence-electron chi connectivity index (χ0n) is 10.4. The highest BCUT2D eigenvalue weighted by Gasteiger charge is 2.03. The molecule has 3 N–H and O–H groups in total. The third-order valence-electron chi connectivity index (χ3n) is 2.53. The Bertz CT molecular complexity index is 606. The first-order valence-electron chi connectivity index (χ1n) is 5.59. The van der Waals surface area contributed by atoms with Crippen molar-refractivity contribution < 1.29 is 0 Å². The summed E-state index contributed by atoms with van der Waals surface area (Å²) in [6.45, 7) is 4.07. The van der Waals surface area contributed by atoms with E-state index in [9.17, 15) is 0 Å². The smallest absolute Gasteiger partial charge is 0.153 e. The number of nitrogen functional groups attached to an aromatic ring is 1. The van der Waals surface area contributed by atoms with Gasteiger partial charge in [0.25, 0.3) is 0 Å². The predicted molar refractivity (Wildman–Crippen MR) is 72.6 cm³/mol. The van der Waals surface area contributed by atoms with E-state index in [-0.39, 0.29) is 0 Å². The molecule has 0 aliphatic heterocycles. The minimum atomic E-state index is 0.457. The third kappa shape index (κ3) is 2.58. The highest BCUT2D eigenvalue weighted by Crippen LogP contribution is 2.22. The van der Waals surface area contributed by atoms with Crippen LogP contribution in [0.15, 0.2) is 30.5 Å². The molecule has 0 saturated carbocycles. The molecule has 4 heteroatoms. The molecule has 4 nitrogen and oxygen atoms in total. The summed E-state index contributed by atoms with van der Waals surface area (Å²) in [7, 11) is 0. The van der Waals surface area contributed by atoms with Crippen LogP contribution in [0, 0.1) is 25.2 Å². The summed E-state index contributed by atoms with van der Waals surface area (Å²) in [5, 5.41) is 11.9. The van der Waals surface area contributed by atoms with Gasteiger partial charge in [0.2, 0.25) is 0 Å². The van der Waals surface area contributed by atoms with Gasteiger partial charge in [-0.1, -0.05) is 6.07 Å². The number of aryl methyl sites for hydroxylation is 2. The fourth-order valence-corrected chi connectivity index (χ4v) is 1.83. The number of hydrogen-bond acceptors (Lipinski definition) is 4. The Hall–Kier alpha value is -2.54. The molecule has 0 fully saturated rings. The fraction of sp³-hybridized carbons (Fsp3) is 0.143. The van der Waals surface area contributed by atoms with Gasteiger partial charge in [-0.2, -0.15) is 5.26 Å². The number of pyridine rings is 1. The molecule has 0 saturated heterocycles. The van der Waals surface area contributed by atoms with Gasteiger partial charge in [0.15, 0.2) is 5.82 Å². The Morgan fingerprint density at radius 1 is 1.17 bits per heavy atom. The first kappa shape index (κ1) is 11.9. The molecule has 0 bridgehead atoms. The normalized spacial score (nSPS) is 9.83. The number of aromatic nitrogens is 1. The molecule has 0 spiro atoms. The first-order valence-corrected chi connectivity index (χ1v) is 5.59. The van der Waals surface area contributed by atoms with Crippen molar-refractivity contribution in [2.45, 2.75) is 13.8 Å². The second-order valence-electron chi connectivity index (χ2n) is 4.28. The lowest BCUT2D eigenvalue weighted by molar-refractivity contribution is 1.28. The van der Waals surface area contributed by atoms with Crippen LogP contribution in [0.25, 0.3) is 0 Å². The molecule has 0 aliphatic carbocycles. The van der Waals surface area contributed by atoms with Crippen molar-refractivity contribution in [3.05, 3.63) is 47.2 Å². The van der Waals surface area contributed by atoms with Crippen molar-refractivity contribution in [1.29, 1.82) is 5.26 Å². The second-order valence-corrected chi connectivity index (χ2v) is 4.28. The van der Waals surface area contributed by atoms with Crippen molar-refractivity contribution in [3.63, 3.8) is 0 Å². The molecule has 0 aliphatic rings. The van der Waals surface area contributed by atoms with Crippen LogP contribution in [0.4, 0.5) is 17.2 Å². The Labute approximate surface area is 106 Å². The lowest BCUT2D eigenvalue weighted by atomic mass is 10.1. The maximum Gasteiger partial charge on any atom is 0.153 e. The van der Waals surface area contributed by atoms with E-state index < -0.39 is 0 Å². The molecular formula is C14H14N4. The van der Waals surface area contributed by atoms with Crippen molar-refractivity contribution in [3.8, 4) is 6.07 Å². The van der Waals surface area contributed by atoms with Crippen LogP contribution in [0.5, 0.6) is 0 Å². The van der Waals surface area contributed by atoms with Gasteiger partial charge < -0.3 is 11.1 Å². The van der Waals surface area contributed by atoms with Gasteiger partial charge in [-0.15, -0.1) is 0 Å². The van der Waals surface area contributed by atoms with Crippen molar-refractivity contribution in [1.82, 2.24) is 4.98 Å². The largest absolute Gasteiger partial charge is 0.396 e. The molecule has 18 heavy (non-hydrogen) atoms. The maximum absolute atomic E-state index is 8.75. The Morgan fingerprint density at radius 2 is 1.83 bits per heavy atom. The van der Waals surface area contributed by atoms with E-state index in [1.165, 1.54) is 17.3 Å². The van der Waals surface area contributed by atoms with Crippen LogP contribution in [-0.2, 0) is 0 Å². The monoisotopic (exact) mass is 238 g/mol. The molecule has 0 atom stereocenters. The van der Waals surface area contributed by atoms with E-state index in [4.69, 9.17) is 11.0 Å². The lowest BCUT2D eigenvalue weighted by Gasteiger charge is -2.10. The summed E-state index contributed by atoms with van der Waals surface area (Å²) >= 11 is 0. The lowest BCUT2D eigenvalue weighted by Crippen LogP contribution is -2.00. The molecule has 0 unspecified atom stereocenters. The van der Waals surface area contributed by atoms with Crippen molar-refractivity contribution in [2.75, 3.05) is 11.1 Å². The van der Waals surface area contributed by atoms with E-state index in [0.717, 1.165) is 5.69 Å². The summed E-state index contributed by atoms with van der Waals surface area (Å²) in [4.78, 5) is 4.15. The van der Waals surface area contributed by atoms with E-state index >= 15 is 0 Å². The van der Waals surface area contributed by atoms with Gasteiger partial charge >= 0.3 is 0 Å². The summed E-state index contributed by atoms with van der Waals surface area (Å²) in [6, 6.07) is 9.75. The third-order valence-corrected chi connectivity index (χ3v) is 2.53. The van der Waals surface area contributed by atoms with Crippen LogP contribution >= 0.6 is 0 Å². The number of anilines is 3. The van der Waals surface area contributed by atoms with Crippen LogP contribution in [0.1, 0.15) is 16.7 Å². The SMILES string of the molecule is Cc1cc(C)cc(Nc2ncc(C#N)cc2N)c1. The van der Waals surface area contributed by atoms with Crippen LogP contribution in [0.2, 0.25) is 0 Å². The first-order chi connectivity index (χ1) is 8.58. The summed E-state index contributed by atoms with van der Waals surface area (Å²) in [6.07, 6.45) is 1.50. The number of nitrogens with zero attached hydrogens (tertiary/aromatic N) is 2. The molecule has 0 amide bonds. The molecule has 1 aromatic heterocycles. The zero-order chi connectivity index (χ0) is 13.1. The van der Waals surface area contributed by atoms with Crippen molar-refractivity contribution in [2.24, 2.45) is 0 Å². The summed E-state index contributed by atoms with van der Waals surface area (Å²) < 4.78 is 0. The molecular weight excluding hydrogens is 224 g/mol. The Morgan fingerprint density at radius 3 is 2.39 bits per heavy atom. The summed E-state index contributed by atoms with van der Waals surface area (Å²) in [5.74, 6) is 0.569. The highest BCUT2D eigenvalue weighted by molar-refractivity contribution is 5.70. The number of rotatable bonds is 2. The molecule has 2 rings (SSSR count). The summed E-state index contributed by atoms with van der Waals surface area (Å²) in [5.41, 5.74) is 10.1. The van der Waals surface area contributed by atoms with Gasteiger partial charge in [0.05, 0.1) is 11.3 Å². The molecule has 1 aromatic carbocycles. The Kier molecular flexibility index (Phi) is 3.16. The van der Waals surface area contributed by atoms with E-state index in [2.05, 4.69) is 16.4 Å². The number of nitrogens with one attached hydrogen (secondary N) is 1. The minimum Gasteiger partial charge on any atom is -0.396 e. The number of benzene rings is 1. The van der Waals surface area contributed by atoms with Gasteiger partial charge in [0.1, 0.15) is 6.07 Å². The quantitative estimate of drug-likeness (QED) is 0.843. The molecule has 0 radical (unpaired) electrons.